The van der Waals surface area contributed by atoms with Gasteiger partial charge in [0.1, 0.15) is 11.4 Å². The van der Waals surface area contributed by atoms with Gasteiger partial charge in [-0.15, -0.1) is 11.3 Å². The number of oxime groups is 1. The summed E-state index contributed by atoms with van der Waals surface area (Å²) in [5.74, 6) is 0.221. The molecule has 5 nitrogen and oxygen atoms in total. The molecule has 1 aromatic heterocycles. The summed E-state index contributed by atoms with van der Waals surface area (Å²) in [5.41, 5.74) is 2.26. The first-order valence-corrected chi connectivity index (χ1v) is 10.2. The highest BCUT2D eigenvalue weighted by Gasteiger charge is 2.43. The standard InChI is InChI=1S/C19H21NO4S2/c1-18(2)23-11-19(3,24-18)12-8-17(25-10-12)26-13-4-5-14-15(20-21)6-7-22-16(14)9-13/h4-5,8-10,21H,6-7,11H2,1-3H3/b20-15+. The number of nitrogens with zero attached hydrogens (tertiary/aromatic N) is 1. The van der Waals surface area contributed by atoms with Crippen LogP contribution in [-0.4, -0.2) is 29.9 Å². The number of benzene rings is 1. The van der Waals surface area contributed by atoms with Crippen LogP contribution in [0.3, 0.4) is 0 Å². The molecule has 1 unspecified atom stereocenters. The van der Waals surface area contributed by atoms with Crippen molar-refractivity contribution < 1.29 is 19.4 Å². The summed E-state index contributed by atoms with van der Waals surface area (Å²) >= 11 is 3.38. The Balaban J connectivity index is 1.53. The van der Waals surface area contributed by atoms with Gasteiger partial charge in [0, 0.05) is 16.9 Å². The van der Waals surface area contributed by atoms with Crippen molar-refractivity contribution in [2.24, 2.45) is 5.16 Å². The SMILES string of the molecule is CC1(C)OCC(C)(c2csc(Sc3ccc4c(c3)OCC/C4=N\O)c2)O1. The van der Waals surface area contributed by atoms with Gasteiger partial charge in [-0.2, -0.15) is 0 Å². The lowest BCUT2D eigenvalue weighted by Crippen LogP contribution is -2.27. The summed E-state index contributed by atoms with van der Waals surface area (Å²) in [5, 5.41) is 14.6. The smallest absolute Gasteiger partial charge is 0.164 e. The molecule has 0 saturated carbocycles. The lowest BCUT2D eigenvalue weighted by Gasteiger charge is -2.24. The maximum Gasteiger partial charge on any atom is 0.164 e. The molecule has 2 aromatic rings. The van der Waals surface area contributed by atoms with Crippen LogP contribution >= 0.6 is 23.1 Å². The molecule has 138 valence electrons. The van der Waals surface area contributed by atoms with E-state index in [1.54, 1.807) is 23.1 Å². The highest BCUT2D eigenvalue weighted by atomic mass is 32.2. The van der Waals surface area contributed by atoms with E-state index in [4.69, 9.17) is 19.4 Å². The molecule has 26 heavy (non-hydrogen) atoms. The van der Waals surface area contributed by atoms with Crippen LogP contribution in [0.15, 0.2) is 43.9 Å². The minimum Gasteiger partial charge on any atom is -0.492 e. The maximum absolute atomic E-state index is 9.12. The van der Waals surface area contributed by atoms with Crippen LogP contribution in [0.5, 0.6) is 5.75 Å². The van der Waals surface area contributed by atoms with E-state index < -0.39 is 11.4 Å². The quantitative estimate of drug-likeness (QED) is 0.598. The van der Waals surface area contributed by atoms with Crippen LogP contribution in [0.4, 0.5) is 0 Å². The first-order valence-electron chi connectivity index (χ1n) is 8.48. The van der Waals surface area contributed by atoms with E-state index in [1.807, 2.05) is 32.0 Å². The Hall–Kier alpha value is -1.54. The van der Waals surface area contributed by atoms with Gasteiger partial charge in [-0.25, -0.2) is 0 Å². The molecular weight excluding hydrogens is 370 g/mol. The van der Waals surface area contributed by atoms with Gasteiger partial charge in [0.2, 0.25) is 0 Å². The largest absolute Gasteiger partial charge is 0.492 e. The Morgan fingerprint density at radius 3 is 2.81 bits per heavy atom. The third-order valence-corrected chi connectivity index (χ3v) is 6.62. The molecule has 1 N–H and O–H groups in total. The van der Waals surface area contributed by atoms with E-state index >= 15 is 0 Å². The second kappa shape index (κ2) is 6.56. The zero-order valence-corrected chi connectivity index (χ0v) is 16.6. The second-order valence-electron chi connectivity index (χ2n) is 7.08. The molecule has 3 heterocycles. The van der Waals surface area contributed by atoms with Crippen molar-refractivity contribution in [3.05, 3.63) is 40.8 Å². The van der Waals surface area contributed by atoms with E-state index in [9.17, 15) is 0 Å². The van der Waals surface area contributed by atoms with Crippen molar-refractivity contribution in [3.8, 4) is 5.75 Å². The normalized spacial score (nSPS) is 25.9. The molecule has 1 atom stereocenters. The average molecular weight is 392 g/mol. The van der Waals surface area contributed by atoms with E-state index in [1.165, 1.54) is 4.21 Å². The van der Waals surface area contributed by atoms with Gasteiger partial charge in [0.05, 0.1) is 23.1 Å². The third-order valence-electron chi connectivity index (χ3n) is 4.55. The topological polar surface area (TPSA) is 60.3 Å². The van der Waals surface area contributed by atoms with Gasteiger partial charge in [-0.05, 0) is 56.0 Å². The predicted octanol–water partition coefficient (Wildman–Crippen LogP) is 4.86. The number of ether oxygens (including phenoxy) is 3. The fourth-order valence-electron chi connectivity index (χ4n) is 3.24. The van der Waals surface area contributed by atoms with E-state index in [2.05, 4.69) is 23.5 Å². The molecule has 1 saturated heterocycles. The Bertz CT molecular complexity index is 861. The van der Waals surface area contributed by atoms with Gasteiger partial charge in [-0.3, -0.25) is 0 Å². The van der Waals surface area contributed by atoms with Crippen LogP contribution in [-0.2, 0) is 15.1 Å². The van der Waals surface area contributed by atoms with Gasteiger partial charge >= 0.3 is 0 Å². The fraction of sp³-hybridized carbons (Fsp3) is 0.421. The zero-order chi connectivity index (χ0) is 18.4. The summed E-state index contributed by atoms with van der Waals surface area (Å²) in [6.07, 6.45) is 0.626. The molecule has 0 radical (unpaired) electrons. The minimum atomic E-state index is -0.550. The molecule has 0 bridgehead atoms. The zero-order valence-electron chi connectivity index (χ0n) is 14.9. The van der Waals surface area contributed by atoms with Crippen LogP contribution in [0.2, 0.25) is 0 Å². The van der Waals surface area contributed by atoms with Gasteiger partial charge in [-0.1, -0.05) is 16.9 Å². The van der Waals surface area contributed by atoms with Crippen LogP contribution in [0.1, 0.15) is 38.3 Å². The van der Waals surface area contributed by atoms with Crippen molar-refractivity contribution in [1.29, 1.82) is 0 Å². The van der Waals surface area contributed by atoms with E-state index in [0.29, 0.717) is 25.3 Å². The Morgan fingerprint density at radius 1 is 1.23 bits per heavy atom. The molecule has 1 fully saturated rings. The highest BCUT2D eigenvalue weighted by Crippen LogP contribution is 2.43. The average Bonchev–Trinajstić information content (AvgIpc) is 3.19. The molecule has 1 aromatic carbocycles. The van der Waals surface area contributed by atoms with Crippen molar-refractivity contribution in [1.82, 2.24) is 0 Å². The van der Waals surface area contributed by atoms with Gasteiger partial charge < -0.3 is 19.4 Å². The number of thiophene rings is 1. The molecule has 0 spiro atoms. The highest BCUT2D eigenvalue weighted by molar-refractivity contribution is 8.01. The Labute approximate surface area is 161 Å². The molecule has 0 aliphatic carbocycles. The third kappa shape index (κ3) is 3.36. The fourth-order valence-corrected chi connectivity index (χ4v) is 5.34. The van der Waals surface area contributed by atoms with Crippen LogP contribution in [0, 0.1) is 0 Å². The summed E-state index contributed by atoms with van der Waals surface area (Å²) < 4.78 is 18.8. The predicted molar refractivity (Wildman–Crippen MR) is 102 cm³/mol. The lowest BCUT2D eigenvalue weighted by atomic mass is 10.0. The minimum absolute atomic E-state index is 0.412. The van der Waals surface area contributed by atoms with Crippen molar-refractivity contribution in [3.63, 3.8) is 0 Å². The molecular formula is C19H21NO4S2. The summed E-state index contributed by atoms with van der Waals surface area (Å²) in [6.45, 7) is 7.04. The number of rotatable bonds is 3. The molecule has 4 rings (SSSR count). The summed E-state index contributed by atoms with van der Waals surface area (Å²) in [7, 11) is 0. The van der Waals surface area contributed by atoms with Gasteiger partial charge in [0.15, 0.2) is 5.79 Å². The molecule has 2 aliphatic heterocycles. The van der Waals surface area contributed by atoms with Crippen molar-refractivity contribution in [2.75, 3.05) is 13.2 Å². The monoisotopic (exact) mass is 391 g/mol. The van der Waals surface area contributed by atoms with Crippen molar-refractivity contribution in [2.45, 2.75) is 47.7 Å². The van der Waals surface area contributed by atoms with Crippen LogP contribution in [0.25, 0.3) is 0 Å². The maximum atomic E-state index is 9.12. The Kier molecular flexibility index (Phi) is 4.51. The second-order valence-corrected chi connectivity index (χ2v) is 9.37. The molecule has 7 heteroatoms. The first kappa shape index (κ1) is 17.9. The number of hydrogen-bond donors (Lipinski definition) is 1. The molecule has 2 aliphatic rings. The van der Waals surface area contributed by atoms with E-state index in [0.717, 1.165) is 21.8 Å². The molecule has 0 amide bonds. The van der Waals surface area contributed by atoms with E-state index in [-0.39, 0.29) is 0 Å². The first-order chi connectivity index (χ1) is 12.4. The lowest BCUT2D eigenvalue weighted by molar-refractivity contribution is -0.159. The summed E-state index contributed by atoms with van der Waals surface area (Å²) in [4.78, 5) is 1.09. The van der Waals surface area contributed by atoms with Crippen LogP contribution < -0.4 is 4.74 Å². The Morgan fingerprint density at radius 2 is 2.08 bits per heavy atom. The number of hydrogen-bond acceptors (Lipinski definition) is 7. The van der Waals surface area contributed by atoms with Crippen molar-refractivity contribution >= 4 is 28.8 Å². The van der Waals surface area contributed by atoms with Gasteiger partial charge in [0.25, 0.3) is 0 Å². The summed E-state index contributed by atoms with van der Waals surface area (Å²) in [6, 6.07) is 8.16. The number of fused-ring (bicyclic) bond motifs is 1.